The largest absolute Gasteiger partial charge is 0.368 e. The second kappa shape index (κ2) is 5.95. The van der Waals surface area contributed by atoms with Crippen molar-refractivity contribution in [1.29, 1.82) is 0 Å². The van der Waals surface area contributed by atoms with Crippen LogP contribution in [0.1, 0.15) is 37.8 Å². The van der Waals surface area contributed by atoms with E-state index < -0.39 is 0 Å². The van der Waals surface area contributed by atoms with Gasteiger partial charge in [-0.2, -0.15) is 4.98 Å². The molecule has 2 aliphatic rings. The van der Waals surface area contributed by atoms with Gasteiger partial charge in [0.25, 0.3) is 0 Å². The van der Waals surface area contributed by atoms with Crippen molar-refractivity contribution < 1.29 is 0 Å². The minimum atomic E-state index is 0.384. The highest BCUT2D eigenvalue weighted by Crippen LogP contribution is 2.24. The molecule has 2 fully saturated rings. The van der Waals surface area contributed by atoms with Crippen molar-refractivity contribution in [3.05, 3.63) is 11.8 Å². The summed E-state index contributed by atoms with van der Waals surface area (Å²) < 4.78 is 0. The average molecular weight is 275 g/mol. The molecule has 3 rings (SSSR count). The maximum Gasteiger partial charge on any atom is 0.222 e. The van der Waals surface area contributed by atoms with Crippen molar-refractivity contribution in [2.24, 2.45) is 0 Å². The number of anilines is 2. The fourth-order valence-electron chi connectivity index (χ4n) is 3.50. The molecule has 110 valence electrons. The lowest BCUT2D eigenvalue weighted by molar-refractivity contribution is 0.147. The van der Waals surface area contributed by atoms with Gasteiger partial charge >= 0.3 is 0 Å². The van der Waals surface area contributed by atoms with Gasteiger partial charge in [-0.25, -0.2) is 4.98 Å². The van der Waals surface area contributed by atoms with Crippen molar-refractivity contribution in [2.45, 2.75) is 45.1 Å². The summed E-state index contributed by atoms with van der Waals surface area (Å²) in [4.78, 5) is 13.5. The second-order valence-electron chi connectivity index (χ2n) is 6.04. The van der Waals surface area contributed by atoms with Crippen LogP contribution in [0.2, 0.25) is 0 Å². The number of piperazine rings is 1. The Morgan fingerprint density at radius 2 is 1.75 bits per heavy atom. The van der Waals surface area contributed by atoms with Gasteiger partial charge in [0.2, 0.25) is 5.95 Å². The molecule has 2 N–H and O–H groups in total. The van der Waals surface area contributed by atoms with Gasteiger partial charge in [-0.1, -0.05) is 19.3 Å². The maximum absolute atomic E-state index is 5.75. The number of aromatic nitrogens is 2. The Balaban J connectivity index is 1.60. The molecule has 0 amide bonds. The first kappa shape index (κ1) is 13.6. The Bertz CT molecular complexity index is 427. The minimum Gasteiger partial charge on any atom is -0.368 e. The van der Waals surface area contributed by atoms with Gasteiger partial charge in [0.1, 0.15) is 5.82 Å². The van der Waals surface area contributed by atoms with Crippen LogP contribution in [-0.4, -0.2) is 47.1 Å². The molecule has 0 unspecified atom stereocenters. The van der Waals surface area contributed by atoms with Gasteiger partial charge in [-0.05, 0) is 19.8 Å². The first-order chi connectivity index (χ1) is 9.72. The summed E-state index contributed by atoms with van der Waals surface area (Å²) in [6.45, 7) is 6.36. The Morgan fingerprint density at radius 1 is 1.05 bits per heavy atom. The quantitative estimate of drug-likeness (QED) is 0.892. The van der Waals surface area contributed by atoms with Crippen LogP contribution in [-0.2, 0) is 0 Å². The lowest BCUT2D eigenvalue weighted by Gasteiger charge is -2.41. The van der Waals surface area contributed by atoms with E-state index in [1.807, 2.05) is 13.0 Å². The normalized spacial score (nSPS) is 22.1. The molecule has 1 saturated carbocycles. The molecule has 20 heavy (non-hydrogen) atoms. The SMILES string of the molecule is Cc1cc(N2CCN(C3CCCCC3)CC2)nc(N)n1. The molecule has 1 aliphatic carbocycles. The molecule has 0 aromatic carbocycles. The van der Waals surface area contributed by atoms with Gasteiger partial charge < -0.3 is 10.6 Å². The molecule has 1 saturated heterocycles. The predicted molar refractivity (Wildman–Crippen MR) is 81.8 cm³/mol. The molecule has 1 aliphatic heterocycles. The second-order valence-corrected chi connectivity index (χ2v) is 6.04. The zero-order chi connectivity index (χ0) is 13.9. The summed E-state index contributed by atoms with van der Waals surface area (Å²) in [7, 11) is 0. The van der Waals surface area contributed by atoms with Crippen LogP contribution in [0.4, 0.5) is 11.8 Å². The third kappa shape index (κ3) is 3.03. The molecular weight excluding hydrogens is 250 g/mol. The number of hydrogen-bond acceptors (Lipinski definition) is 5. The van der Waals surface area contributed by atoms with E-state index in [2.05, 4.69) is 19.8 Å². The van der Waals surface area contributed by atoms with E-state index in [1.165, 1.54) is 32.1 Å². The zero-order valence-corrected chi connectivity index (χ0v) is 12.4. The van der Waals surface area contributed by atoms with Crippen LogP contribution in [0, 0.1) is 6.92 Å². The smallest absolute Gasteiger partial charge is 0.222 e. The lowest BCUT2D eigenvalue weighted by atomic mass is 9.94. The van der Waals surface area contributed by atoms with E-state index in [-0.39, 0.29) is 0 Å². The number of nitrogen functional groups attached to an aromatic ring is 1. The number of nitrogens with zero attached hydrogens (tertiary/aromatic N) is 4. The molecule has 5 heteroatoms. The molecule has 0 radical (unpaired) electrons. The Kier molecular flexibility index (Phi) is 4.05. The molecule has 0 spiro atoms. The van der Waals surface area contributed by atoms with E-state index in [0.717, 1.165) is 43.7 Å². The van der Waals surface area contributed by atoms with Crippen molar-refractivity contribution in [3.63, 3.8) is 0 Å². The van der Waals surface area contributed by atoms with E-state index >= 15 is 0 Å². The standard InChI is InChI=1S/C15H25N5/c1-12-11-14(18-15(16)17-12)20-9-7-19(8-10-20)13-5-3-2-4-6-13/h11,13H,2-10H2,1H3,(H2,16,17,18). The van der Waals surface area contributed by atoms with Gasteiger partial charge in [0.05, 0.1) is 0 Å². The van der Waals surface area contributed by atoms with Crippen LogP contribution in [0.25, 0.3) is 0 Å². The molecule has 0 atom stereocenters. The molecule has 1 aromatic rings. The molecule has 1 aromatic heterocycles. The lowest BCUT2D eigenvalue weighted by Crippen LogP contribution is -2.51. The van der Waals surface area contributed by atoms with Crippen molar-refractivity contribution in [3.8, 4) is 0 Å². The zero-order valence-electron chi connectivity index (χ0n) is 12.4. The van der Waals surface area contributed by atoms with Gasteiger partial charge in [-0.15, -0.1) is 0 Å². The Morgan fingerprint density at radius 3 is 2.40 bits per heavy atom. The molecular formula is C15H25N5. The van der Waals surface area contributed by atoms with E-state index in [9.17, 15) is 0 Å². The van der Waals surface area contributed by atoms with Crippen molar-refractivity contribution in [1.82, 2.24) is 14.9 Å². The summed E-state index contributed by atoms with van der Waals surface area (Å²) in [5.74, 6) is 1.37. The number of aryl methyl sites for hydroxylation is 1. The third-order valence-electron chi connectivity index (χ3n) is 4.59. The Hall–Kier alpha value is -1.36. The van der Waals surface area contributed by atoms with Gasteiger partial charge in [0, 0.05) is 44.0 Å². The highest BCUT2D eigenvalue weighted by atomic mass is 15.3. The fraction of sp³-hybridized carbons (Fsp3) is 0.733. The van der Waals surface area contributed by atoms with Crippen LogP contribution in [0.5, 0.6) is 0 Å². The maximum atomic E-state index is 5.75. The fourth-order valence-corrected chi connectivity index (χ4v) is 3.50. The summed E-state index contributed by atoms with van der Waals surface area (Å²) in [5.41, 5.74) is 6.70. The van der Waals surface area contributed by atoms with E-state index in [0.29, 0.717) is 5.95 Å². The number of hydrogen-bond donors (Lipinski definition) is 1. The van der Waals surface area contributed by atoms with E-state index in [4.69, 9.17) is 5.73 Å². The summed E-state index contributed by atoms with van der Waals surface area (Å²) in [5, 5.41) is 0. The first-order valence-electron chi connectivity index (χ1n) is 7.82. The Labute approximate surface area is 121 Å². The van der Waals surface area contributed by atoms with Gasteiger partial charge in [0.15, 0.2) is 0 Å². The van der Waals surface area contributed by atoms with E-state index in [1.54, 1.807) is 0 Å². The minimum absolute atomic E-state index is 0.384. The summed E-state index contributed by atoms with van der Waals surface area (Å²) in [6, 6.07) is 2.86. The molecule has 2 heterocycles. The van der Waals surface area contributed by atoms with Crippen molar-refractivity contribution >= 4 is 11.8 Å². The highest BCUT2D eigenvalue weighted by Gasteiger charge is 2.25. The third-order valence-corrected chi connectivity index (χ3v) is 4.59. The summed E-state index contributed by atoms with van der Waals surface area (Å²) >= 11 is 0. The van der Waals surface area contributed by atoms with Crippen LogP contribution >= 0.6 is 0 Å². The average Bonchev–Trinajstić information content (AvgIpc) is 2.47. The number of rotatable bonds is 2. The van der Waals surface area contributed by atoms with Crippen LogP contribution in [0.15, 0.2) is 6.07 Å². The predicted octanol–water partition coefficient (Wildman–Crippen LogP) is 1.82. The van der Waals surface area contributed by atoms with Gasteiger partial charge in [-0.3, -0.25) is 4.90 Å². The monoisotopic (exact) mass is 275 g/mol. The molecule has 0 bridgehead atoms. The first-order valence-corrected chi connectivity index (χ1v) is 7.82. The highest BCUT2D eigenvalue weighted by molar-refractivity contribution is 5.43. The van der Waals surface area contributed by atoms with Crippen LogP contribution < -0.4 is 10.6 Å². The topological polar surface area (TPSA) is 58.3 Å². The van der Waals surface area contributed by atoms with Crippen molar-refractivity contribution in [2.75, 3.05) is 36.8 Å². The summed E-state index contributed by atoms with van der Waals surface area (Å²) in [6.07, 6.45) is 7.02. The number of nitrogens with two attached hydrogens (primary N) is 1. The molecule has 5 nitrogen and oxygen atoms in total. The van der Waals surface area contributed by atoms with Crippen LogP contribution in [0.3, 0.4) is 0 Å².